The van der Waals surface area contributed by atoms with E-state index in [1.807, 2.05) is 82.9 Å². The maximum atomic E-state index is 6.10. The summed E-state index contributed by atoms with van der Waals surface area (Å²) in [5.74, 6) is 0. The highest BCUT2D eigenvalue weighted by Crippen LogP contribution is 2.32. The van der Waals surface area contributed by atoms with Crippen LogP contribution in [0.4, 0.5) is 0 Å². The van der Waals surface area contributed by atoms with Gasteiger partial charge in [-0.15, -0.1) is 11.3 Å². The van der Waals surface area contributed by atoms with Crippen molar-refractivity contribution in [1.29, 1.82) is 0 Å². The molecule has 0 amide bonds. The van der Waals surface area contributed by atoms with Crippen molar-refractivity contribution in [2.24, 2.45) is 0 Å². The van der Waals surface area contributed by atoms with E-state index in [0.29, 0.717) is 15.1 Å². The van der Waals surface area contributed by atoms with Gasteiger partial charge in [-0.1, -0.05) is 71.2 Å². The third-order valence-electron chi connectivity index (χ3n) is 4.80. The second kappa shape index (κ2) is 8.48. The molecule has 5 aromatic rings. The average Bonchev–Trinajstić information content (AvgIpc) is 3.43. The molecular weight excluding hydrogens is 469 g/mol. The van der Waals surface area contributed by atoms with Crippen molar-refractivity contribution in [3.05, 3.63) is 99.3 Å². The Morgan fingerprint density at radius 2 is 1.10 bits per heavy atom. The second-order valence-electron chi connectivity index (χ2n) is 6.86. The molecule has 0 saturated heterocycles. The lowest BCUT2D eigenvalue weighted by Gasteiger charge is -2.04. The summed E-state index contributed by atoms with van der Waals surface area (Å²) in [4.78, 5) is 4.83. The second-order valence-corrected chi connectivity index (χ2v) is 9.01. The number of hydrogen-bond acceptors (Lipinski definition) is 3. The molecule has 3 nitrogen and oxygen atoms in total. The van der Waals surface area contributed by atoms with Crippen LogP contribution in [0.3, 0.4) is 0 Å². The molecule has 0 spiro atoms. The van der Waals surface area contributed by atoms with Crippen LogP contribution < -0.4 is 0 Å². The predicted molar refractivity (Wildman–Crippen MR) is 131 cm³/mol. The Kier molecular flexibility index (Phi) is 5.55. The molecular formula is C24H14Cl3N3S. The van der Waals surface area contributed by atoms with Crippen molar-refractivity contribution in [1.82, 2.24) is 14.8 Å². The van der Waals surface area contributed by atoms with Crippen LogP contribution in [0.1, 0.15) is 0 Å². The van der Waals surface area contributed by atoms with Crippen molar-refractivity contribution < 1.29 is 0 Å². The van der Waals surface area contributed by atoms with E-state index in [2.05, 4.69) is 6.07 Å². The maximum absolute atomic E-state index is 6.10. The Hall–Kier alpha value is -2.63. The number of rotatable bonds is 4. The highest BCUT2D eigenvalue weighted by molar-refractivity contribution is 7.12. The molecule has 31 heavy (non-hydrogen) atoms. The molecule has 0 aliphatic carbocycles. The summed E-state index contributed by atoms with van der Waals surface area (Å²) < 4.78 is 1.87. The normalized spacial score (nSPS) is 11.1. The van der Waals surface area contributed by atoms with Crippen molar-refractivity contribution >= 4 is 46.1 Å². The van der Waals surface area contributed by atoms with Crippen LogP contribution >= 0.6 is 46.1 Å². The molecule has 0 aliphatic heterocycles. The van der Waals surface area contributed by atoms with E-state index in [4.69, 9.17) is 44.9 Å². The smallest absolute Gasteiger partial charge is 0.211 e. The van der Waals surface area contributed by atoms with Gasteiger partial charge in [0.15, 0.2) is 0 Å². The molecule has 5 rings (SSSR count). The Morgan fingerprint density at radius 3 is 1.65 bits per heavy atom. The fraction of sp³-hybridized carbons (Fsp3) is 0. The summed E-state index contributed by atoms with van der Waals surface area (Å²) in [7, 11) is 0. The van der Waals surface area contributed by atoms with E-state index in [1.165, 1.54) is 11.3 Å². The van der Waals surface area contributed by atoms with Gasteiger partial charge in [-0.3, -0.25) is 0 Å². The SMILES string of the molecule is Clc1ccc(-c2csc(-n3nc(-c4ccc(Cl)cc4)cc3-c3ccc(Cl)cc3)n2)cc1. The molecule has 0 bridgehead atoms. The third-order valence-corrected chi connectivity index (χ3v) is 6.37. The van der Waals surface area contributed by atoms with E-state index in [-0.39, 0.29) is 0 Å². The van der Waals surface area contributed by atoms with Crippen molar-refractivity contribution in [3.63, 3.8) is 0 Å². The summed E-state index contributed by atoms with van der Waals surface area (Å²) in [5, 5.41) is 9.74. The van der Waals surface area contributed by atoms with Gasteiger partial charge in [0.05, 0.1) is 17.1 Å². The molecule has 0 unspecified atom stereocenters. The van der Waals surface area contributed by atoms with E-state index in [0.717, 1.165) is 38.9 Å². The summed E-state index contributed by atoms with van der Waals surface area (Å²) in [6.45, 7) is 0. The fourth-order valence-corrected chi connectivity index (χ4v) is 4.40. The summed E-state index contributed by atoms with van der Waals surface area (Å²) >= 11 is 19.7. The minimum absolute atomic E-state index is 0.687. The minimum Gasteiger partial charge on any atom is -0.218 e. The first-order valence-corrected chi connectivity index (χ1v) is 11.4. The zero-order chi connectivity index (χ0) is 21.4. The van der Waals surface area contributed by atoms with Gasteiger partial charge in [0.1, 0.15) is 0 Å². The van der Waals surface area contributed by atoms with Crippen LogP contribution in [-0.4, -0.2) is 14.8 Å². The van der Waals surface area contributed by atoms with Crippen LogP contribution in [0, 0.1) is 0 Å². The highest BCUT2D eigenvalue weighted by atomic mass is 35.5. The minimum atomic E-state index is 0.687. The maximum Gasteiger partial charge on any atom is 0.211 e. The number of aromatic nitrogens is 3. The quantitative estimate of drug-likeness (QED) is 0.258. The lowest BCUT2D eigenvalue weighted by molar-refractivity contribution is 0.881. The van der Waals surface area contributed by atoms with Gasteiger partial charge in [0.2, 0.25) is 5.13 Å². The van der Waals surface area contributed by atoms with E-state index in [1.54, 1.807) is 0 Å². The molecule has 3 aromatic carbocycles. The lowest BCUT2D eigenvalue weighted by Crippen LogP contribution is -1.99. The summed E-state index contributed by atoms with van der Waals surface area (Å²) in [5.41, 5.74) is 5.63. The zero-order valence-corrected chi connectivity index (χ0v) is 19.1. The van der Waals surface area contributed by atoms with Crippen LogP contribution in [0.2, 0.25) is 15.1 Å². The molecule has 0 saturated carbocycles. The van der Waals surface area contributed by atoms with E-state index >= 15 is 0 Å². The van der Waals surface area contributed by atoms with Gasteiger partial charge in [-0.05, 0) is 42.5 Å². The third kappa shape index (κ3) is 4.25. The van der Waals surface area contributed by atoms with Gasteiger partial charge in [-0.25, -0.2) is 9.67 Å². The number of thiazole rings is 1. The van der Waals surface area contributed by atoms with Gasteiger partial charge < -0.3 is 0 Å². The van der Waals surface area contributed by atoms with Crippen LogP contribution in [0.5, 0.6) is 0 Å². The number of hydrogen-bond donors (Lipinski definition) is 0. The molecule has 2 heterocycles. The first-order valence-electron chi connectivity index (χ1n) is 9.40. The van der Waals surface area contributed by atoms with Crippen LogP contribution in [-0.2, 0) is 0 Å². The summed E-state index contributed by atoms with van der Waals surface area (Å²) in [6, 6.07) is 25.0. The van der Waals surface area contributed by atoms with E-state index < -0.39 is 0 Å². The highest BCUT2D eigenvalue weighted by Gasteiger charge is 2.16. The number of benzene rings is 3. The Morgan fingerprint density at radius 1 is 0.613 bits per heavy atom. The fourth-order valence-electron chi connectivity index (χ4n) is 3.23. The lowest BCUT2D eigenvalue weighted by atomic mass is 10.1. The molecule has 0 atom stereocenters. The standard InChI is InChI=1S/C24H14Cl3N3S/c25-18-7-1-15(2-8-18)21-13-23(17-5-11-20(27)12-6-17)30(29-21)24-28-22(14-31-24)16-3-9-19(26)10-4-16/h1-14H. The molecule has 0 aliphatic rings. The van der Waals surface area contributed by atoms with Crippen molar-refractivity contribution in [3.8, 4) is 38.9 Å². The predicted octanol–water partition coefficient (Wildman–Crippen LogP) is 8.29. The monoisotopic (exact) mass is 481 g/mol. The molecule has 0 fully saturated rings. The van der Waals surface area contributed by atoms with Gasteiger partial charge in [0, 0.05) is 37.1 Å². The first-order chi connectivity index (χ1) is 15.1. The van der Waals surface area contributed by atoms with Gasteiger partial charge in [-0.2, -0.15) is 5.10 Å². The summed E-state index contributed by atoms with van der Waals surface area (Å²) in [6.07, 6.45) is 0. The van der Waals surface area contributed by atoms with E-state index in [9.17, 15) is 0 Å². The zero-order valence-electron chi connectivity index (χ0n) is 16.0. The van der Waals surface area contributed by atoms with Gasteiger partial charge in [0.25, 0.3) is 0 Å². The molecule has 7 heteroatoms. The Bertz CT molecular complexity index is 1340. The Labute approximate surface area is 198 Å². The molecule has 0 radical (unpaired) electrons. The number of nitrogens with zero attached hydrogens (tertiary/aromatic N) is 3. The van der Waals surface area contributed by atoms with Crippen LogP contribution in [0.25, 0.3) is 38.9 Å². The average molecular weight is 483 g/mol. The first kappa shape index (κ1) is 20.3. The van der Waals surface area contributed by atoms with Crippen molar-refractivity contribution in [2.75, 3.05) is 0 Å². The number of halogens is 3. The molecule has 2 aromatic heterocycles. The van der Waals surface area contributed by atoms with Crippen LogP contribution in [0.15, 0.2) is 84.2 Å². The Balaban J connectivity index is 1.62. The van der Waals surface area contributed by atoms with Gasteiger partial charge >= 0.3 is 0 Å². The molecule has 0 N–H and O–H groups in total. The van der Waals surface area contributed by atoms with Crippen molar-refractivity contribution in [2.45, 2.75) is 0 Å². The molecule has 152 valence electrons. The largest absolute Gasteiger partial charge is 0.218 e. The topological polar surface area (TPSA) is 30.7 Å².